The summed E-state index contributed by atoms with van der Waals surface area (Å²) in [6.45, 7) is 10.8. The van der Waals surface area contributed by atoms with Crippen LogP contribution in [0.15, 0.2) is 29.1 Å². The predicted molar refractivity (Wildman–Crippen MR) is 90.0 cm³/mol. The van der Waals surface area contributed by atoms with E-state index in [0.29, 0.717) is 18.0 Å². The molecule has 4 nitrogen and oxygen atoms in total. The summed E-state index contributed by atoms with van der Waals surface area (Å²) >= 11 is 0. The number of benzene rings is 1. The summed E-state index contributed by atoms with van der Waals surface area (Å²) in [6.07, 6.45) is 0. The summed E-state index contributed by atoms with van der Waals surface area (Å²) in [5, 5.41) is 4.33. The molecule has 0 fully saturated rings. The molecule has 2 aromatic rings. The van der Waals surface area contributed by atoms with Crippen LogP contribution < -0.4 is 11.3 Å². The van der Waals surface area contributed by atoms with Gasteiger partial charge in [-0.2, -0.15) is 5.10 Å². The van der Waals surface area contributed by atoms with Gasteiger partial charge in [-0.25, -0.2) is 4.68 Å². The maximum atomic E-state index is 12.6. The van der Waals surface area contributed by atoms with Gasteiger partial charge in [-0.15, -0.1) is 0 Å². The smallest absolute Gasteiger partial charge is 0.271 e. The maximum absolute atomic E-state index is 12.6. The SMILES string of the molecule is Cc1cc(C(N)c2ccc(C)c(C)c2)c(=O)n(CC(C)C)n1. The van der Waals surface area contributed by atoms with Crippen molar-refractivity contribution in [2.45, 2.75) is 47.2 Å². The molecule has 0 spiro atoms. The average molecular weight is 299 g/mol. The molecule has 118 valence electrons. The van der Waals surface area contributed by atoms with E-state index in [0.717, 1.165) is 11.3 Å². The van der Waals surface area contributed by atoms with Gasteiger partial charge in [-0.05, 0) is 49.4 Å². The Morgan fingerprint density at radius 3 is 2.41 bits per heavy atom. The molecule has 2 rings (SSSR count). The lowest BCUT2D eigenvalue weighted by Crippen LogP contribution is -2.32. The second-order valence-electron chi connectivity index (χ2n) is 6.44. The normalized spacial score (nSPS) is 12.7. The van der Waals surface area contributed by atoms with Gasteiger partial charge in [0.25, 0.3) is 5.56 Å². The molecule has 0 bridgehead atoms. The lowest BCUT2D eigenvalue weighted by Gasteiger charge is -2.16. The van der Waals surface area contributed by atoms with Crippen LogP contribution >= 0.6 is 0 Å². The van der Waals surface area contributed by atoms with Crippen LogP contribution in [0.1, 0.15) is 47.8 Å². The van der Waals surface area contributed by atoms with Crippen molar-refractivity contribution in [3.63, 3.8) is 0 Å². The molecule has 1 heterocycles. The molecule has 0 radical (unpaired) electrons. The fourth-order valence-corrected chi connectivity index (χ4v) is 2.53. The second-order valence-corrected chi connectivity index (χ2v) is 6.44. The van der Waals surface area contributed by atoms with Crippen molar-refractivity contribution in [3.8, 4) is 0 Å². The Hall–Kier alpha value is -1.94. The van der Waals surface area contributed by atoms with Crippen LogP contribution in [-0.2, 0) is 6.54 Å². The fraction of sp³-hybridized carbons (Fsp3) is 0.444. The Morgan fingerprint density at radius 1 is 1.14 bits per heavy atom. The molecular formula is C18H25N3O. The van der Waals surface area contributed by atoms with Gasteiger partial charge in [-0.1, -0.05) is 32.0 Å². The van der Waals surface area contributed by atoms with Crippen molar-refractivity contribution in [1.29, 1.82) is 0 Å². The zero-order valence-electron chi connectivity index (χ0n) is 14.1. The molecule has 0 saturated carbocycles. The standard InChI is InChI=1S/C18H25N3O/c1-11(2)10-21-18(22)16(9-14(5)20-21)17(19)15-7-6-12(3)13(4)8-15/h6-9,11,17H,10,19H2,1-5H3. The molecule has 0 saturated heterocycles. The third-order valence-electron chi connectivity index (χ3n) is 3.89. The van der Waals surface area contributed by atoms with E-state index in [1.807, 2.05) is 19.1 Å². The third-order valence-corrected chi connectivity index (χ3v) is 3.89. The van der Waals surface area contributed by atoms with Gasteiger partial charge in [0.1, 0.15) is 0 Å². The summed E-state index contributed by atoms with van der Waals surface area (Å²) < 4.78 is 1.54. The third kappa shape index (κ3) is 3.45. The van der Waals surface area contributed by atoms with Crippen molar-refractivity contribution >= 4 is 0 Å². The van der Waals surface area contributed by atoms with Crippen LogP contribution in [0.4, 0.5) is 0 Å². The first-order valence-electron chi connectivity index (χ1n) is 7.71. The number of nitrogens with two attached hydrogens (primary N) is 1. The number of hydrogen-bond donors (Lipinski definition) is 1. The molecule has 1 unspecified atom stereocenters. The van der Waals surface area contributed by atoms with Crippen molar-refractivity contribution < 1.29 is 0 Å². The number of hydrogen-bond acceptors (Lipinski definition) is 3. The van der Waals surface area contributed by atoms with Gasteiger partial charge < -0.3 is 5.73 Å². The molecule has 0 aliphatic heterocycles. The largest absolute Gasteiger partial charge is 0.320 e. The molecule has 0 aliphatic carbocycles. The number of nitrogens with zero attached hydrogens (tertiary/aromatic N) is 2. The zero-order valence-corrected chi connectivity index (χ0v) is 14.1. The van der Waals surface area contributed by atoms with Crippen LogP contribution in [0.3, 0.4) is 0 Å². The van der Waals surface area contributed by atoms with Crippen molar-refractivity contribution in [2.75, 3.05) is 0 Å². The van der Waals surface area contributed by atoms with Crippen molar-refractivity contribution in [3.05, 3.63) is 62.6 Å². The van der Waals surface area contributed by atoms with Crippen LogP contribution in [-0.4, -0.2) is 9.78 Å². The second kappa shape index (κ2) is 6.44. The Morgan fingerprint density at radius 2 is 1.82 bits per heavy atom. The molecule has 0 amide bonds. The summed E-state index contributed by atoms with van der Waals surface area (Å²) in [7, 11) is 0. The molecule has 2 N–H and O–H groups in total. The van der Waals surface area contributed by atoms with Gasteiger partial charge in [0.05, 0.1) is 11.7 Å². The molecule has 22 heavy (non-hydrogen) atoms. The Kier molecular flexibility index (Phi) is 4.81. The Bertz CT molecular complexity index is 732. The van der Waals surface area contributed by atoms with Gasteiger partial charge in [0, 0.05) is 12.1 Å². The molecule has 1 aromatic heterocycles. The van der Waals surface area contributed by atoms with E-state index in [9.17, 15) is 4.79 Å². The molecule has 1 aromatic carbocycles. The van der Waals surface area contributed by atoms with Crippen LogP contribution in [0, 0.1) is 26.7 Å². The topological polar surface area (TPSA) is 60.9 Å². The van der Waals surface area contributed by atoms with Gasteiger partial charge in [0.2, 0.25) is 0 Å². The highest BCUT2D eigenvalue weighted by Gasteiger charge is 2.16. The number of aromatic nitrogens is 2. The highest BCUT2D eigenvalue weighted by molar-refractivity contribution is 5.36. The highest BCUT2D eigenvalue weighted by atomic mass is 16.1. The van der Waals surface area contributed by atoms with E-state index in [1.54, 1.807) is 6.07 Å². The van der Waals surface area contributed by atoms with Crippen molar-refractivity contribution in [2.24, 2.45) is 11.7 Å². The fourth-order valence-electron chi connectivity index (χ4n) is 2.53. The Labute approximate surface area is 132 Å². The van der Waals surface area contributed by atoms with E-state index in [-0.39, 0.29) is 5.56 Å². The molecule has 0 aliphatic rings. The first-order valence-corrected chi connectivity index (χ1v) is 7.71. The highest BCUT2D eigenvalue weighted by Crippen LogP contribution is 2.20. The molecular weight excluding hydrogens is 274 g/mol. The summed E-state index contributed by atoms with van der Waals surface area (Å²) in [5.41, 5.74) is 11.1. The summed E-state index contributed by atoms with van der Waals surface area (Å²) in [5.74, 6) is 0.359. The van der Waals surface area contributed by atoms with Crippen LogP contribution in [0.25, 0.3) is 0 Å². The van der Waals surface area contributed by atoms with E-state index < -0.39 is 6.04 Å². The summed E-state index contributed by atoms with van der Waals surface area (Å²) in [4.78, 5) is 12.6. The lowest BCUT2D eigenvalue weighted by molar-refractivity contribution is 0.456. The van der Waals surface area contributed by atoms with Gasteiger partial charge in [-0.3, -0.25) is 4.79 Å². The first-order chi connectivity index (χ1) is 10.3. The Balaban J connectivity index is 2.49. The lowest BCUT2D eigenvalue weighted by atomic mass is 9.97. The molecule has 1 atom stereocenters. The minimum atomic E-state index is -0.424. The van der Waals surface area contributed by atoms with Crippen LogP contribution in [0.5, 0.6) is 0 Å². The van der Waals surface area contributed by atoms with Crippen molar-refractivity contribution in [1.82, 2.24) is 9.78 Å². The van der Waals surface area contributed by atoms with Gasteiger partial charge >= 0.3 is 0 Å². The van der Waals surface area contributed by atoms with Gasteiger partial charge in [0.15, 0.2) is 0 Å². The number of aryl methyl sites for hydroxylation is 3. The number of rotatable bonds is 4. The minimum absolute atomic E-state index is 0.0926. The maximum Gasteiger partial charge on any atom is 0.271 e. The molecule has 4 heteroatoms. The average Bonchev–Trinajstić information content (AvgIpc) is 2.44. The minimum Gasteiger partial charge on any atom is -0.320 e. The van der Waals surface area contributed by atoms with E-state index in [1.165, 1.54) is 15.8 Å². The predicted octanol–water partition coefficient (Wildman–Crippen LogP) is 2.87. The van der Waals surface area contributed by atoms with E-state index >= 15 is 0 Å². The summed E-state index contributed by atoms with van der Waals surface area (Å²) in [6, 6.07) is 7.48. The van der Waals surface area contributed by atoms with E-state index in [4.69, 9.17) is 5.73 Å². The zero-order chi connectivity index (χ0) is 16.4. The first kappa shape index (κ1) is 16.4. The van der Waals surface area contributed by atoms with E-state index in [2.05, 4.69) is 38.9 Å². The quantitative estimate of drug-likeness (QED) is 0.944. The monoisotopic (exact) mass is 299 g/mol. The van der Waals surface area contributed by atoms with Crippen LogP contribution in [0.2, 0.25) is 0 Å².